The van der Waals surface area contributed by atoms with Gasteiger partial charge in [0.1, 0.15) is 12.4 Å². The van der Waals surface area contributed by atoms with Crippen molar-refractivity contribution >= 4 is 11.4 Å². The fourth-order valence-corrected chi connectivity index (χ4v) is 2.43. The highest BCUT2D eigenvalue weighted by molar-refractivity contribution is 5.72. The number of ether oxygens (including phenoxy) is 1. The molecule has 2 nitrogen and oxygen atoms in total. The molecule has 92 valence electrons. The summed E-state index contributed by atoms with van der Waals surface area (Å²) in [6, 6.07) is 14.8. The minimum Gasteiger partial charge on any atom is -0.490 e. The summed E-state index contributed by atoms with van der Waals surface area (Å²) in [5, 5.41) is 0. The Morgan fingerprint density at radius 3 is 2.72 bits per heavy atom. The molecule has 0 radical (unpaired) electrons. The number of benzene rings is 2. The van der Waals surface area contributed by atoms with Crippen molar-refractivity contribution in [3.63, 3.8) is 0 Å². The summed E-state index contributed by atoms with van der Waals surface area (Å²) in [6.07, 6.45) is 0. The summed E-state index contributed by atoms with van der Waals surface area (Å²) in [7, 11) is 0. The number of rotatable bonds is 1. The van der Waals surface area contributed by atoms with Crippen molar-refractivity contribution < 1.29 is 4.74 Å². The van der Waals surface area contributed by atoms with E-state index in [-0.39, 0.29) is 0 Å². The van der Waals surface area contributed by atoms with Crippen LogP contribution in [0.5, 0.6) is 5.75 Å². The smallest absolute Gasteiger partial charge is 0.143 e. The van der Waals surface area contributed by atoms with Gasteiger partial charge in [-0.3, -0.25) is 0 Å². The molecule has 1 aliphatic rings. The standard InChI is InChI=1S/C16H17NO/c1-12-7-8-13(2)15(11-12)17-9-10-18-16-6-4-3-5-14(16)17/h3-8,11H,9-10H2,1-2H3. The molecule has 0 bridgehead atoms. The molecular weight excluding hydrogens is 222 g/mol. The lowest BCUT2D eigenvalue weighted by Gasteiger charge is -2.32. The Labute approximate surface area is 108 Å². The zero-order valence-electron chi connectivity index (χ0n) is 10.8. The van der Waals surface area contributed by atoms with E-state index in [1.165, 1.54) is 16.8 Å². The lowest BCUT2D eigenvalue weighted by molar-refractivity contribution is 0.314. The number of para-hydroxylation sites is 2. The Hall–Kier alpha value is -1.96. The monoisotopic (exact) mass is 239 g/mol. The van der Waals surface area contributed by atoms with Gasteiger partial charge in [-0.15, -0.1) is 0 Å². The van der Waals surface area contributed by atoms with Gasteiger partial charge in [0.15, 0.2) is 0 Å². The van der Waals surface area contributed by atoms with E-state index < -0.39 is 0 Å². The second-order valence-electron chi connectivity index (χ2n) is 4.76. The maximum absolute atomic E-state index is 5.70. The fourth-order valence-electron chi connectivity index (χ4n) is 2.43. The second-order valence-corrected chi connectivity index (χ2v) is 4.76. The first kappa shape index (κ1) is 11.1. The van der Waals surface area contributed by atoms with E-state index in [2.05, 4.69) is 49.1 Å². The second kappa shape index (κ2) is 4.37. The van der Waals surface area contributed by atoms with E-state index in [4.69, 9.17) is 4.74 Å². The molecule has 2 aromatic rings. The lowest BCUT2D eigenvalue weighted by Crippen LogP contribution is -2.29. The molecule has 0 saturated carbocycles. The summed E-state index contributed by atoms with van der Waals surface area (Å²) in [5.74, 6) is 0.977. The van der Waals surface area contributed by atoms with Gasteiger partial charge < -0.3 is 9.64 Å². The number of hydrogen-bond donors (Lipinski definition) is 0. The van der Waals surface area contributed by atoms with Crippen LogP contribution in [0.2, 0.25) is 0 Å². The number of hydrogen-bond acceptors (Lipinski definition) is 2. The first-order valence-corrected chi connectivity index (χ1v) is 6.32. The number of anilines is 2. The zero-order chi connectivity index (χ0) is 12.5. The maximum atomic E-state index is 5.70. The van der Waals surface area contributed by atoms with Crippen molar-refractivity contribution in [2.45, 2.75) is 13.8 Å². The van der Waals surface area contributed by atoms with E-state index in [1.54, 1.807) is 0 Å². The van der Waals surface area contributed by atoms with Crippen LogP contribution in [0, 0.1) is 13.8 Å². The molecule has 0 N–H and O–H groups in total. The van der Waals surface area contributed by atoms with Gasteiger partial charge >= 0.3 is 0 Å². The minimum atomic E-state index is 0.740. The van der Waals surface area contributed by atoms with Crippen molar-refractivity contribution in [3.05, 3.63) is 53.6 Å². The topological polar surface area (TPSA) is 12.5 Å². The molecule has 1 aliphatic heterocycles. The molecule has 0 aromatic heterocycles. The molecule has 0 atom stereocenters. The third-order valence-corrected chi connectivity index (χ3v) is 3.38. The molecule has 3 rings (SSSR count). The van der Waals surface area contributed by atoms with Crippen LogP contribution in [-0.4, -0.2) is 13.2 Å². The van der Waals surface area contributed by atoms with Crippen molar-refractivity contribution in [2.24, 2.45) is 0 Å². The summed E-state index contributed by atoms with van der Waals surface area (Å²) < 4.78 is 5.70. The van der Waals surface area contributed by atoms with Gasteiger partial charge in [0.2, 0.25) is 0 Å². The molecule has 1 heterocycles. The van der Waals surface area contributed by atoms with Crippen molar-refractivity contribution in [1.82, 2.24) is 0 Å². The number of aryl methyl sites for hydroxylation is 2. The Kier molecular flexibility index (Phi) is 2.71. The highest BCUT2D eigenvalue weighted by atomic mass is 16.5. The van der Waals surface area contributed by atoms with Crippen LogP contribution in [0.4, 0.5) is 11.4 Å². The van der Waals surface area contributed by atoms with Crippen LogP contribution < -0.4 is 9.64 Å². The van der Waals surface area contributed by atoms with E-state index >= 15 is 0 Å². The largest absolute Gasteiger partial charge is 0.490 e. The predicted octanol–water partition coefficient (Wildman–Crippen LogP) is 3.83. The Balaban J connectivity index is 2.11. The normalized spacial score (nSPS) is 14.0. The Bertz CT molecular complexity index is 577. The number of fused-ring (bicyclic) bond motifs is 1. The van der Waals surface area contributed by atoms with Gasteiger partial charge in [0.25, 0.3) is 0 Å². The molecule has 2 aromatic carbocycles. The minimum absolute atomic E-state index is 0.740. The Morgan fingerprint density at radius 1 is 1.00 bits per heavy atom. The van der Waals surface area contributed by atoms with Crippen LogP contribution >= 0.6 is 0 Å². The van der Waals surface area contributed by atoms with Crippen molar-refractivity contribution in [1.29, 1.82) is 0 Å². The van der Waals surface area contributed by atoms with Crippen LogP contribution in [0.25, 0.3) is 0 Å². The van der Waals surface area contributed by atoms with Crippen LogP contribution in [0.1, 0.15) is 11.1 Å². The van der Waals surface area contributed by atoms with E-state index in [0.29, 0.717) is 0 Å². The third-order valence-electron chi connectivity index (χ3n) is 3.38. The maximum Gasteiger partial charge on any atom is 0.143 e. The summed E-state index contributed by atoms with van der Waals surface area (Å²) in [4.78, 5) is 2.35. The fraction of sp³-hybridized carbons (Fsp3) is 0.250. The predicted molar refractivity (Wildman–Crippen MR) is 74.9 cm³/mol. The number of nitrogens with zero attached hydrogens (tertiary/aromatic N) is 1. The van der Waals surface area contributed by atoms with Gasteiger partial charge in [-0.2, -0.15) is 0 Å². The first-order chi connectivity index (χ1) is 8.75. The molecule has 0 fully saturated rings. The van der Waals surface area contributed by atoms with Gasteiger partial charge in [0, 0.05) is 5.69 Å². The van der Waals surface area contributed by atoms with Crippen LogP contribution in [0.3, 0.4) is 0 Å². The SMILES string of the molecule is Cc1ccc(C)c(N2CCOc3ccccc32)c1. The van der Waals surface area contributed by atoms with Gasteiger partial charge in [-0.05, 0) is 43.2 Å². The molecular formula is C16H17NO. The molecule has 0 amide bonds. The zero-order valence-corrected chi connectivity index (χ0v) is 10.8. The summed E-state index contributed by atoms with van der Waals surface area (Å²) >= 11 is 0. The summed E-state index contributed by atoms with van der Waals surface area (Å²) in [6.45, 7) is 5.94. The van der Waals surface area contributed by atoms with E-state index in [0.717, 1.165) is 24.6 Å². The molecule has 0 spiro atoms. The third kappa shape index (κ3) is 1.84. The van der Waals surface area contributed by atoms with Crippen LogP contribution in [0.15, 0.2) is 42.5 Å². The van der Waals surface area contributed by atoms with Gasteiger partial charge in [-0.1, -0.05) is 24.3 Å². The lowest BCUT2D eigenvalue weighted by atomic mass is 10.1. The van der Waals surface area contributed by atoms with Crippen LogP contribution in [-0.2, 0) is 0 Å². The quantitative estimate of drug-likeness (QED) is 0.749. The molecule has 0 unspecified atom stereocenters. The molecule has 0 aliphatic carbocycles. The van der Waals surface area contributed by atoms with Gasteiger partial charge in [0.05, 0.1) is 12.2 Å². The highest BCUT2D eigenvalue weighted by Crippen LogP contribution is 2.37. The first-order valence-electron chi connectivity index (χ1n) is 6.32. The molecule has 18 heavy (non-hydrogen) atoms. The molecule has 0 saturated heterocycles. The van der Waals surface area contributed by atoms with E-state index in [9.17, 15) is 0 Å². The van der Waals surface area contributed by atoms with Crippen molar-refractivity contribution in [2.75, 3.05) is 18.1 Å². The summed E-state index contributed by atoms with van der Waals surface area (Å²) in [5.41, 5.74) is 5.04. The average molecular weight is 239 g/mol. The van der Waals surface area contributed by atoms with E-state index in [1.807, 2.05) is 12.1 Å². The van der Waals surface area contributed by atoms with Crippen molar-refractivity contribution in [3.8, 4) is 5.75 Å². The average Bonchev–Trinajstić information content (AvgIpc) is 2.41. The highest BCUT2D eigenvalue weighted by Gasteiger charge is 2.19. The van der Waals surface area contributed by atoms with Gasteiger partial charge in [-0.25, -0.2) is 0 Å². The molecule has 2 heteroatoms. The Morgan fingerprint density at radius 2 is 1.83 bits per heavy atom.